The molecule has 0 radical (unpaired) electrons. The van der Waals surface area contributed by atoms with E-state index in [0.29, 0.717) is 18.2 Å². The zero-order valence-corrected chi connectivity index (χ0v) is 14.5. The summed E-state index contributed by atoms with van der Waals surface area (Å²) in [5.41, 5.74) is 2.00. The SMILES string of the molecule is CC(C)CCNc1ccc(NC(=O)Cc2c[nH]c3ccccc23)nn1. The summed E-state index contributed by atoms with van der Waals surface area (Å²) in [5, 5.41) is 15.2. The number of hydrogen-bond acceptors (Lipinski definition) is 4. The maximum Gasteiger partial charge on any atom is 0.230 e. The van der Waals surface area contributed by atoms with E-state index in [1.807, 2.05) is 36.5 Å². The molecule has 1 aromatic carbocycles. The molecular formula is C19H23N5O. The van der Waals surface area contributed by atoms with Crippen molar-refractivity contribution in [3.05, 3.63) is 48.2 Å². The molecule has 0 saturated carbocycles. The van der Waals surface area contributed by atoms with E-state index in [2.05, 4.69) is 39.7 Å². The van der Waals surface area contributed by atoms with Gasteiger partial charge in [0.1, 0.15) is 5.82 Å². The summed E-state index contributed by atoms with van der Waals surface area (Å²) in [6.45, 7) is 5.22. The summed E-state index contributed by atoms with van der Waals surface area (Å²) in [7, 11) is 0. The Morgan fingerprint density at radius 3 is 2.64 bits per heavy atom. The minimum atomic E-state index is -0.112. The lowest BCUT2D eigenvalue weighted by Crippen LogP contribution is -2.16. The Kier molecular flexibility index (Phi) is 5.28. The third-order valence-electron chi connectivity index (χ3n) is 3.99. The number of aromatic nitrogens is 3. The minimum absolute atomic E-state index is 0.112. The van der Waals surface area contributed by atoms with Gasteiger partial charge < -0.3 is 15.6 Å². The molecule has 0 fully saturated rings. The molecule has 0 bridgehead atoms. The average molecular weight is 337 g/mol. The van der Waals surface area contributed by atoms with Crippen molar-refractivity contribution < 1.29 is 4.79 Å². The van der Waals surface area contributed by atoms with E-state index in [1.165, 1.54) is 0 Å². The monoisotopic (exact) mass is 337 g/mol. The van der Waals surface area contributed by atoms with Crippen LogP contribution in [0.1, 0.15) is 25.8 Å². The lowest BCUT2D eigenvalue weighted by Gasteiger charge is -2.08. The molecule has 0 unspecified atom stereocenters. The lowest BCUT2D eigenvalue weighted by molar-refractivity contribution is -0.115. The third-order valence-corrected chi connectivity index (χ3v) is 3.99. The van der Waals surface area contributed by atoms with Gasteiger partial charge in [0.05, 0.1) is 6.42 Å². The fourth-order valence-corrected chi connectivity index (χ4v) is 2.62. The normalized spacial score (nSPS) is 11.0. The van der Waals surface area contributed by atoms with Gasteiger partial charge in [-0.05, 0) is 36.1 Å². The van der Waals surface area contributed by atoms with E-state index in [1.54, 1.807) is 6.07 Å². The third kappa shape index (κ3) is 4.56. The quantitative estimate of drug-likeness (QED) is 0.615. The number of carbonyl (C=O) groups excluding carboxylic acids is 1. The molecule has 0 aliphatic carbocycles. The van der Waals surface area contributed by atoms with Crippen LogP contribution in [0.4, 0.5) is 11.6 Å². The standard InChI is InChI=1S/C19H23N5O/c1-13(2)9-10-20-17-7-8-18(24-23-17)22-19(25)11-14-12-21-16-6-4-3-5-15(14)16/h3-8,12-13,21H,9-11H2,1-2H3,(H,20,23)(H,22,24,25). The second kappa shape index (κ2) is 7.79. The molecule has 2 aromatic heterocycles. The zero-order valence-electron chi connectivity index (χ0n) is 14.5. The van der Waals surface area contributed by atoms with Gasteiger partial charge in [-0.25, -0.2) is 0 Å². The van der Waals surface area contributed by atoms with Gasteiger partial charge in [0.15, 0.2) is 5.82 Å². The van der Waals surface area contributed by atoms with Crippen molar-refractivity contribution in [2.45, 2.75) is 26.7 Å². The zero-order chi connectivity index (χ0) is 17.6. The summed E-state index contributed by atoms with van der Waals surface area (Å²) in [5.74, 6) is 1.71. The van der Waals surface area contributed by atoms with E-state index >= 15 is 0 Å². The van der Waals surface area contributed by atoms with Gasteiger partial charge in [0.25, 0.3) is 0 Å². The first-order chi connectivity index (χ1) is 12.1. The van der Waals surface area contributed by atoms with E-state index in [4.69, 9.17) is 0 Å². The number of benzene rings is 1. The minimum Gasteiger partial charge on any atom is -0.369 e. The summed E-state index contributed by atoms with van der Waals surface area (Å²) < 4.78 is 0. The van der Waals surface area contributed by atoms with Crippen molar-refractivity contribution >= 4 is 28.4 Å². The summed E-state index contributed by atoms with van der Waals surface area (Å²) >= 11 is 0. The van der Waals surface area contributed by atoms with Gasteiger partial charge in [-0.2, -0.15) is 0 Å². The molecule has 6 heteroatoms. The Balaban J connectivity index is 1.56. The van der Waals surface area contributed by atoms with Crippen LogP contribution >= 0.6 is 0 Å². The molecule has 3 rings (SSSR count). The maximum absolute atomic E-state index is 12.2. The summed E-state index contributed by atoms with van der Waals surface area (Å²) in [6, 6.07) is 11.5. The molecule has 25 heavy (non-hydrogen) atoms. The topological polar surface area (TPSA) is 82.7 Å². The van der Waals surface area contributed by atoms with Crippen LogP contribution < -0.4 is 10.6 Å². The maximum atomic E-state index is 12.2. The van der Waals surface area contributed by atoms with Gasteiger partial charge >= 0.3 is 0 Å². The largest absolute Gasteiger partial charge is 0.369 e. The fraction of sp³-hybridized carbons (Fsp3) is 0.316. The molecule has 0 spiro atoms. The Morgan fingerprint density at radius 1 is 1.12 bits per heavy atom. The highest BCUT2D eigenvalue weighted by molar-refractivity contribution is 5.95. The van der Waals surface area contributed by atoms with Crippen molar-refractivity contribution in [1.29, 1.82) is 0 Å². The van der Waals surface area contributed by atoms with Gasteiger partial charge in [-0.15, -0.1) is 10.2 Å². The number of amides is 1. The van der Waals surface area contributed by atoms with E-state index in [0.717, 1.165) is 35.2 Å². The molecule has 1 amide bonds. The highest BCUT2D eigenvalue weighted by atomic mass is 16.1. The Bertz CT molecular complexity index is 838. The number of nitrogens with zero attached hydrogens (tertiary/aromatic N) is 2. The number of hydrogen-bond donors (Lipinski definition) is 3. The van der Waals surface area contributed by atoms with E-state index in [9.17, 15) is 4.79 Å². The Hall–Kier alpha value is -2.89. The van der Waals surface area contributed by atoms with Crippen molar-refractivity contribution in [3.8, 4) is 0 Å². The van der Waals surface area contributed by atoms with Crippen LogP contribution in [0.2, 0.25) is 0 Å². The number of aromatic amines is 1. The number of rotatable bonds is 7. The van der Waals surface area contributed by atoms with E-state index < -0.39 is 0 Å². The highest BCUT2D eigenvalue weighted by Crippen LogP contribution is 2.18. The first-order valence-electron chi connectivity index (χ1n) is 8.54. The Morgan fingerprint density at radius 2 is 1.88 bits per heavy atom. The predicted molar refractivity (Wildman–Crippen MR) is 101 cm³/mol. The van der Waals surface area contributed by atoms with Crippen LogP contribution in [0.5, 0.6) is 0 Å². The second-order valence-electron chi connectivity index (χ2n) is 6.50. The Labute approximate surface area is 147 Å². The van der Waals surface area contributed by atoms with Crippen LogP contribution in [0, 0.1) is 5.92 Å². The molecule has 0 aliphatic rings. The molecule has 2 heterocycles. The lowest BCUT2D eigenvalue weighted by atomic mass is 10.1. The molecule has 130 valence electrons. The number of nitrogens with one attached hydrogen (secondary N) is 3. The molecule has 0 aliphatic heterocycles. The van der Waals surface area contributed by atoms with Crippen LogP contribution in [0.25, 0.3) is 10.9 Å². The fourth-order valence-electron chi connectivity index (χ4n) is 2.62. The van der Waals surface area contributed by atoms with Crippen LogP contribution in [0.3, 0.4) is 0 Å². The summed E-state index contributed by atoms with van der Waals surface area (Å²) in [6.07, 6.45) is 3.24. The second-order valence-corrected chi connectivity index (χ2v) is 6.50. The van der Waals surface area contributed by atoms with Gasteiger partial charge in [0.2, 0.25) is 5.91 Å². The van der Waals surface area contributed by atoms with Crippen molar-refractivity contribution in [1.82, 2.24) is 15.2 Å². The number of carbonyl (C=O) groups is 1. The molecule has 0 atom stereocenters. The first-order valence-corrected chi connectivity index (χ1v) is 8.54. The molecule has 0 saturated heterocycles. The van der Waals surface area contributed by atoms with Crippen molar-refractivity contribution in [3.63, 3.8) is 0 Å². The van der Waals surface area contributed by atoms with Crippen LogP contribution in [-0.2, 0) is 11.2 Å². The predicted octanol–water partition coefficient (Wildman–Crippen LogP) is 3.60. The average Bonchev–Trinajstić information content (AvgIpc) is 2.99. The molecule has 3 N–H and O–H groups in total. The first kappa shape index (κ1) is 17.0. The highest BCUT2D eigenvalue weighted by Gasteiger charge is 2.09. The number of fused-ring (bicyclic) bond motifs is 1. The van der Waals surface area contributed by atoms with E-state index in [-0.39, 0.29) is 5.91 Å². The van der Waals surface area contributed by atoms with Crippen LogP contribution in [0.15, 0.2) is 42.6 Å². The molecule has 6 nitrogen and oxygen atoms in total. The number of para-hydroxylation sites is 1. The van der Waals surface area contributed by atoms with Crippen LogP contribution in [-0.4, -0.2) is 27.6 Å². The van der Waals surface area contributed by atoms with Crippen molar-refractivity contribution in [2.24, 2.45) is 5.92 Å². The number of H-pyrrole nitrogens is 1. The smallest absolute Gasteiger partial charge is 0.230 e. The van der Waals surface area contributed by atoms with Gasteiger partial charge in [0, 0.05) is 23.6 Å². The van der Waals surface area contributed by atoms with Gasteiger partial charge in [-0.1, -0.05) is 32.0 Å². The van der Waals surface area contributed by atoms with Gasteiger partial charge in [-0.3, -0.25) is 4.79 Å². The molecular weight excluding hydrogens is 314 g/mol. The summed E-state index contributed by atoms with van der Waals surface area (Å²) in [4.78, 5) is 15.4. The number of anilines is 2. The van der Waals surface area contributed by atoms with Crippen molar-refractivity contribution in [2.75, 3.05) is 17.2 Å². The molecule has 3 aromatic rings.